The van der Waals surface area contributed by atoms with Crippen LogP contribution in [0.5, 0.6) is 0 Å². The Morgan fingerprint density at radius 2 is 1.91 bits per heavy atom. The smallest absolute Gasteiger partial charge is 0.265 e. The summed E-state index contributed by atoms with van der Waals surface area (Å²) in [5.74, 6) is -0.513. The second-order valence-corrected chi connectivity index (χ2v) is 4.97. The molecule has 1 aliphatic rings. The van der Waals surface area contributed by atoms with Crippen molar-refractivity contribution in [2.45, 2.75) is 6.42 Å². The highest BCUT2D eigenvalue weighted by Crippen LogP contribution is 2.14. The standard InChI is InChI=1S/C16H17N3O3/c20-15(19-10-5-11-22-19)12-17-16(21)13-6-1-2-7-14(13)18-8-3-4-9-18/h1-4,6-9H,5,10-12H2,(H,17,21). The molecule has 0 radical (unpaired) electrons. The highest BCUT2D eigenvalue weighted by atomic mass is 16.7. The van der Waals surface area contributed by atoms with E-state index in [9.17, 15) is 9.59 Å². The van der Waals surface area contributed by atoms with Crippen LogP contribution in [-0.2, 0) is 9.63 Å². The number of hydrogen-bond donors (Lipinski definition) is 1. The summed E-state index contributed by atoms with van der Waals surface area (Å²) in [7, 11) is 0. The minimum Gasteiger partial charge on any atom is -0.343 e. The van der Waals surface area contributed by atoms with Gasteiger partial charge in [0.25, 0.3) is 11.8 Å². The number of hydrogen-bond acceptors (Lipinski definition) is 3. The van der Waals surface area contributed by atoms with E-state index in [0.717, 1.165) is 12.1 Å². The third-order valence-electron chi connectivity index (χ3n) is 3.46. The van der Waals surface area contributed by atoms with E-state index in [1.165, 1.54) is 5.06 Å². The molecular weight excluding hydrogens is 282 g/mol. The molecule has 1 N–H and O–H groups in total. The summed E-state index contributed by atoms with van der Waals surface area (Å²) in [4.78, 5) is 29.4. The van der Waals surface area contributed by atoms with Gasteiger partial charge in [-0.05, 0) is 30.7 Å². The third kappa shape index (κ3) is 3.01. The molecule has 1 aromatic heterocycles. The Morgan fingerprint density at radius 1 is 1.14 bits per heavy atom. The molecule has 6 heteroatoms. The topological polar surface area (TPSA) is 63.6 Å². The van der Waals surface area contributed by atoms with Crippen LogP contribution in [0.15, 0.2) is 48.8 Å². The summed E-state index contributed by atoms with van der Waals surface area (Å²) in [6.45, 7) is 1.06. The second kappa shape index (κ2) is 6.44. The van der Waals surface area contributed by atoms with Crippen molar-refractivity contribution in [1.29, 1.82) is 0 Å². The summed E-state index contributed by atoms with van der Waals surface area (Å²) >= 11 is 0. The van der Waals surface area contributed by atoms with Gasteiger partial charge in [0.1, 0.15) is 0 Å². The van der Waals surface area contributed by atoms with Gasteiger partial charge in [0, 0.05) is 12.4 Å². The monoisotopic (exact) mass is 299 g/mol. The lowest BCUT2D eigenvalue weighted by Gasteiger charge is -2.15. The van der Waals surface area contributed by atoms with Crippen LogP contribution in [0.2, 0.25) is 0 Å². The van der Waals surface area contributed by atoms with E-state index in [0.29, 0.717) is 18.7 Å². The van der Waals surface area contributed by atoms with Crippen LogP contribution in [0.1, 0.15) is 16.8 Å². The molecule has 1 saturated heterocycles. The van der Waals surface area contributed by atoms with Crippen molar-refractivity contribution in [3.05, 3.63) is 54.4 Å². The molecule has 0 bridgehead atoms. The van der Waals surface area contributed by atoms with Crippen LogP contribution in [0, 0.1) is 0 Å². The molecule has 0 unspecified atom stereocenters. The number of aromatic nitrogens is 1. The minimum atomic E-state index is -0.281. The fourth-order valence-electron chi connectivity index (χ4n) is 2.37. The number of amides is 2. The maximum atomic E-state index is 12.3. The Kier molecular flexibility index (Phi) is 4.20. The SMILES string of the molecule is O=C(NCC(=O)N1CCCO1)c1ccccc1-n1cccc1. The van der Waals surface area contributed by atoms with E-state index in [1.807, 2.05) is 41.2 Å². The maximum Gasteiger partial charge on any atom is 0.265 e. The molecular formula is C16H17N3O3. The molecule has 22 heavy (non-hydrogen) atoms. The fraction of sp³-hybridized carbons (Fsp3) is 0.250. The molecule has 1 fully saturated rings. The van der Waals surface area contributed by atoms with Crippen LogP contribution in [-0.4, -0.2) is 41.1 Å². The molecule has 0 saturated carbocycles. The van der Waals surface area contributed by atoms with Crippen molar-refractivity contribution in [3.8, 4) is 5.69 Å². The van der Waals surface area contributed by atoms with Crippen molar-refractivity contribution in [2.24, 2.45) is 0 Å². The van der Waals surface area contributed by atoms with E-state index in [2.05, 4.69) is 5.32 Å². The van der Waals surface area contributed by atoms with Gasteiger partial charge < -0.3 is 9.88 Å². The van der Waals surface area contributed by atoms with Crippen molar-refractivity contribution < 1.29 is 14.4 Å². The first-order valence-electron chi connectivity index (χ1n) is 7.19. The molecule has 1 aliphatic heterocycles. The van der Waals surface area contributed by atoms with Gasteiger partial charge in [0.05, 0.1) is 30.9 Å². The van der Waals surface area contributed by atoms with E-state index in [4.69, 9.17) is 4.84 Å². The molecule has 0 spiro atoms. The Morgan fingerprint density at radius 3 is 2.64 bits per heavy atom. The Bertz CT molecular complexity index is 661. The highest BCUT2D eigenvalue weighted by molar-refractivity contribution is 5.99. The zero-order valence-corrected chi connectivity index (χ0v) is 12.1. The average Bonchev–Trinajstić information content (AvgIpc) is 3.24. The van der Waals surface area contributed by atoms with Gasteiger partial charge in [0.15, 0.2) is 0 Å². The maximum absolute atomic E-state index is 12.3. The van der Waals surface area contributed by atoms with Crippen molar-refractivity contribution >= 4 is 11.8 Å². The number of nitrogens with zero attached hydrogens (tertiary/aromatic N) is 2. The largest absolute Gasteiger partial charge is 0.343 e. The number of para-hydroxylation sites is 1. The Hall–Kier alpha value is -2.60. The quantitative estimate of drug-likeness (QED) is 0.927. The zero-order valence-electron chi connectivity index (χ0n) is 12.1. The Labute approximate surface area is 128 Å². The predicted molar refractivity (Wildman–Crippen MR) is 80.4 cm³/mol. The average molecular weight is 299 g/mol. The number of rotatable bonds is 4. The minimum absolute atomic E-state index is 0.0706. The zero-order chi connectivity index (χ0) is 15.4. The van der Waals surface area contributed by atoms with Gasteiger partial charge in [-0.15, -0.1) is 0 Å². The summed E-state index contributed by atoms with van der Waals surface area (Å²) < 4.78 is 1.86. The summed E-state index contributed by atoms with van der Waals surface area (Å²) in [6.07, 6.45) is 4.57. The molecule has 114 valence electrons. The van der Waals surface area contributed by atoms with Gasteiger partial charge in [-0.2, -0.15) is 0 Å². The van der Waals surface area contributed by atoms with Gasteiger partial charge in [-0.25, -0.2) is 5.06 Å². The van der Waals surface area contributed by atoms with E-state index < -0.39 is 0 Å². The Balaban J connectivity index is 1.69. The van der Waals surface area contributed by atoms with E-state index >= 15 is 0 Å². The molecule has 1 aromatic carbocycles. The van der Waals surface area contributed by atoms with E-state index in [1.54, 1.807) is 12.1 Å². The van der Waals surface area contributed by atoms with Crippen LogP contribution < -0.4 is 5.32 Å². The van der Waals surface area contributed by atoms with Gasteiger partial charge in [0.2, 0.25) is 0 Å². The third-order valence-corrected chi connectivity index (χ3v) is 3.46. The van der Waals surface area contributed by atoms with E-state index in [-0.39, 0.29) is 18.4 Å². The first kappa shape index (κ1) is 14.3. The molecule has 0 aliphatic carbocycles. The fourth-order valence-corrected chi connectivity index (χ4v) is 2.37. The molecule has 6 nitrogen and oxygen atoms in total. The summed E-state index contributed by atoms with van der Waals surface area (Å²) in [6, 6.07) is 11.1. The van der Waals surface area contributed by atoms with Crippen LogP contribution in [0.25, 0.3) is 5.69 Å². The lowest BCUT2D eigenvalue weighted by atomic mass is 10.1. The molecule has 2 heterocycles. The van der Waals surface area contributed by atoms with Crippen LogP contribution >= 0.6 is 0 Å². The number of carbonyl (C=O) groups is 2. The van der Waals surface area contributed by atoms with Crippen molar-refractivity contribution in [2.75, 3.05) is 19.7 Å². The lowest BCUT2D eigenvalue weighted by Crippen LogP contribution is -2.38. The predicted octanol–water partition coefficient (Wildman–Crippen LogP) is 1.37. The van der Waals surface area contributed by atoms with Gasteiger partial charge >= 0.3 is 0 Å². The molecule has 2 amide bonds. The molecule has 2 aromatic rings. The highest BCUT2D eigenvalue weighted by Gasteiger charge is 2.20. The summed E-state index contributed by atoms with van der Waals surface area (Å²) in [5.41, 5.74) is 1.30. The molecule has 3 rings (SSSR count). The number of benzene rings is 1. The summed E-state index contributed by atoms with van der Waals surface area (Å²) in [5, 5.41) is 3.96. The first-order valence-corrected chi connectivity index (χ1v) is 7.19. The normalized spacial score (nSPS) is 14.1. The van der Waals surface area contributed by atoms with Crippen molar-refractivity contribution in [3.63, 3.8) is 0 Å². The van der Waals surface area contributed by atoms with Crippen LogP contribution in [0.3, 0.4) is 0 Å². The van der Waals surface area contributed by atoms with Crippen LogP contribution in [0.4, 0.5) is 0 Å². The lowest BCUT2D eigenvalue weighted by molar-refractivity contribution is -0.167. The second-order valence-electron chi connectivity index (χ2n) is 4.97. The number of nitrogens with one attached hydrogen (secondary N) is 1. The number of hydroxylamine groups is 2. The van der Waals surface area contributed by atoms with Crippen molar-refractivity contribution in [1.82, 2.24) is 14.9 Å². The number of carbonyl (C=O) groups excluding carboxylic acids is 2. The van der Waals surface area contributed by atoms with Gasteiger partial charge in [-0.3, -0.25) is 14.4 Å². The van der Waals surface area contributed by atoms with Gasteiger partial charge in [-0.1, -0.05) is 12.1 Å². The first-order chi connectivity index (χ1) is 10.8. The molecule has 0 atom stereocenters.